The van der Waals surface area contributed by atoms with Gasteiger partial charge in [-0.25, -0.2) is 0 Å². The van der Waals surface area contributed by atoms with Crippen LogP contribution in [-0.2, 0) is 4.74 Å². The fraction of sp³-hybridized carbons (Fsp3) is 1.00. The van der Waals surface area contributed by atoms with E-state index >= 15 is 0 Å². The van der Waals surface area contributed by atoms with Gasteiger partial charge in [-0.3, -0.25) is 0 Å². The van der Waals surface area contributed by atoms with Gasteiger partial charge in [0, 0.05) is 12.6 Å². The minimum atomic E-state index is -0.301. The molecule has 0 amide bonds. The summed E-state index contributed by atoms with van der Waals surface area (Å²) in [7, 11) is 0. The lowest BCUT2D eigenvalue weighted by Gasteiger charge is -2.30. The third-order valence-electron chi connectivity index (χ3n) is 1.61. The predicted molar refractivity (Wildman–Crippen MR) is 50.3 cm³/mol. The summed E-state index contributed by atoms with van der Waals surface area (Å²) in [6, 6.07) is 0.364. The molecule has 3 heteroatoms. The van der Waals surface area contributed by atoms with Crippen molar-refractivity contribution in [3.05, 3.63) is 0 Å². The maximum Gasteiger partial charge on any atom is 0.0668 e. The number of hydrogen-bond acceptors (Lipinski definition) is 3. The number of aliphatic hydroxyl groups is 1. The molecule has 0 aromatic carbocycles. The fourth-order valence-electron chi connectivity index (χ4n) is 1.16. The zero-order valence-electron chi connectivity index (χ0n) is 8.55. The summed E-state index contributed by atoms with van der Waals surface area (Å²) >= 11 is 0. The van der Waals surface area contributed by atoms with Crippen molar-refractivity contribution in [2.45, 2.75) is 39.3 Å². The molecule has 74 valence electrons. The van der Waals surface area contributed by atoms with Gasteiger partial charge >= 0.3 is 0 Å². The van der Waals surface area contributed by atoms with Crippen LogP contribution in [0.5, 0.6) is 0 Å². The lowest BCUT2D eigenvalue weighted by molar-refractivity contribution is 0.0463. The van der Waals surface area contributed by atoms with Gasteiger partial charge in [0.15, 0.2) is 0 Å². The van der Waals surface area contributed by atoms with Gasteiger partial charge in [-0.1, -0.05) is 13.8 Å². The Morgan fingerprint density at radius 3 is 2.42 bits per heavy atom. The van der Waals surface area contributed by atoms with Crippen LogP contribution in [0.2, 0.25) is 0 Å². The highest BCUT2D eigenvalue weighted by Crippen LogP contribution is 2.04. The van der Waals surface area contributed by atoms with Crippen LogP contribution in [0.3, 0.4) is 0 Å². The maximum absolute atomic E-state index is 9.12. The summed E-state index contributed by atoms with van der Waals surface area (Å²) in [4.78, 5) is 0. The molecule has 0 aliphatic heterocycles. The second kappa shape index (κ2) is 5.51. The van der Waals surface area contributed by atoms with Crippen LogP contribution in [0.25, 0.3) is 0 Å². The third-order valence-corrected chi connectivity index (χ3v) is 1.61. The van der Waals surface area contributed by atoms with Gasteiger partial charge in [0.1, 0.15) is 0 Å². The van der Waals surface area contributed by atoms with Crippen LogP contribution in [-0.4, -0.2) is 36.5 Å². The third kappa shape index (κ3) is 4.70. The highest BCUT2D eigenvalue weighted by molar-refractivity contribution is 4.83. The van der Waals surface area contributed by atoms with Crippen LogP contribution in [0.1, 0.15) is 27.7 Å². The molecule has 0 saturated heterocycles. The van der Waals surface area contributed by atoms with Crippen molar-refractivity contribution in [3.8, 4) is 0 Å². The summed E-state index contributed by atoms with van der Waals surface area (Å²) in [5.74, 6) is 0. The van der Waals surface area contributed by atoms with Crippen molar-refractivity contribution in [2.75, 3.05) is 19.8 Å². The van der Waals surface area contributed by atoms with Crippen LogP contribution >= 0.6 is 0 Å². The molecule has 1 atom stereocenters. The Kier molecular flexibility index (Phi) is 5.46. The number of ether oxygens (including phenoxy) is 1. The van der Waals surface area contributed by atoms with Gasteiger partial charge in [0.25, 0.3) is 0 Å². The fourth-order valence-corrected chi connectivity index (χ4v) is 1.16. The molecule has 0 fully saturated rings. The SMILES string of the molecule is CCOCC(C)(CO)NC(C)C. The molecule has 2 N–H and O–H groups in total. The van der Waals surface area contributed by atoms with Gasteiger partial charge in [-0.05, 0) is 13.8 Å². The zero-order valence-corrected chi connectivity index (χ0v) is 8.55. The Bertz CT molecular complexity index is 117. The van der Waals surface area contributed by atoms with Crippen molar-refractivity contribution < 1.29 is 9.84 Å². The predicted octanol–water partition coefficient (Wildman–Crippen LogP) is 0.772. The van der Waals surface area contributed by atoms with E-state index in [2.05, 4.69) is 19.2 Å². The summed E-state index contributed by atoms with van der Waals surface area (Å²) in [6.07, 6.45) is 0. The summed E-state index contributed by atoms with van der Waals surface area (Å²) in [5, 5.41) is 12.4. The maximum atomic E-state index is 9.12. The van der Waals surface area contributed by atoms with Gasteiger partial charge in [-0.2, -0.15) is 0 Å². The van der Waals surface area contributed by atoms with Gasteiger partial charge in [0.05, 0.1) is 18.8 Å². The lowest BCUT2D eigenvalue weighted by Crippen LogP contribution is -2.52. The molecular formula is C9H21NO2. The molecule has 0 aliphatic rings. The number of nitrogens with one attached hydrogen (secondary N) is 1. The molecule has 0 aliphatic carbocycles. The Morgan fingerprint density at radius 2 is 2.08 bits per heavy atom. The normalized spacial score (nSPS) is 16.5. The van der Waals surface area contributed by atoms with Crippen LogP contribution in [0.15, 0.2) is 0 Å². The summed E-state index contributed by atoms with van der Waals surface area (Å²) < 4.78 is 5.27. The van der Waals surface area contributed by atoms with Gasteiger partial charge in [0.2, 0.25) is 0 Å². The van der Waals surface area contributed by atoms with Crippen molar-refractivity contribution in [1.29, 1.82) is 0 Å². The smallest absolute Gasteiger partial charge is 0.0668 e. The monoisotopic (exact) mass is 175 g/mol. The van der Waals surface area contributed by atoms with E-state index in [4.69, 9.17) is 9.84 Å². The molecule has 0 rings (SSSR count). The van der Waals surface area contributed by atoms with Crippen LogP contribution < -0.4 is 5.32 Å². The van der Waals surface area contributed by atoms with E-state index < -0.39 is 0 Å². The standard InChI is InChI=1S/C9H21NO2/c1-5-12-7-9(4,6-11)10-8(2)3/h8,10-11H,5-7H2,1-4H3. The molecule has 0 heterocycles. The quantitative estimate of drug-likeness (QED) is 0.626. The highest BCUT2D eigenvalue weighted by Gasteiger charge is 2.23. The summed E-state index contributed by atoms with van der Waals surface area (Å²) in [6.45, 7) is 9.37. The van der Waals surface area contributed by atoms with Crippen molar-refractivity contribution in [3.63, 3.8) is 0 Å². The van der Waals surface area contributed by atoms with Crippen molar-refractivity contribution >= 4 is 0 Å². The topological polar surface area (TPSA) is 41.5 Å². The van der Waals surface area contributed by atoms with Crippen LogP contribution in [0.4, 0.5) is 0 Å². The van der Waals surface area contributed by atoms with E-state index in [9.17, 15) is 0 Å². The van der Waals surface area contributed by atoms with E-state index in [1.165, 1.54) is 0 Å². The summed E-state index contributed by atoms with van der Waals surface area (Å²) in [5.41, 5.74) is -0.301. The molecular weight excluding hydrogens is 154 g/mol. The number of rotatable bonds is 6. The number of aliphatic hydroxyl groups excluding tert-OH is 1. The lowest BCUT2D eigenvalue weighted by atomic mass is 10.0. The molecule has 12 heavy (non-hydrogen) atoms. The van der Waals surface area contributed by atoms with E-state index in [0.29, 0.717) is 19.3 Å². The first-order valence-electron chi connectivity index (χ1n) is 4.50. The van der Waals surface area contributed by atoms with Gasteiger partial charge < -0.3 is 15.2 Å². The molecule has 0 aromatic heterocycles. The molecule has 0 saturated carbocycles. The average molecular weight is 175 g/mol. The molecule has 0 radical (unpaired) electrons. The van der Waals surface area contributed by atoms with E-state index in [0.717, 1.165) is 0 Å². The van der Waals surface area contributed by atoms with E-state index in [1.807, 2.05) is 13.8 Å². The minimum absolute atomic E-state index is 0.102. The van der Waals surface area contributed by atoms with E-state index in [-0.39, 0.29) is 12.1 Å². The highest BCUT2D eigenvalue weighted by atomic mass is 16.5. The Labute approximate surface area is 75.1 Å². The second-order valence-corrected chi connectivity index (χ2v) is 3.65. The first-order valence-corrected chi connectivity index (χ1v) is 4.50. The molecule has 0 aromatic rings. The van der Waals surface area contributed by atoms with Crippen molar-refractivity contribution in [2.24, 2.45) is 0 Å². The largest absolute Gasteiger partial charge is 0.394 e. The first-order chi connectivity index (χ1) is 5.54. The first kappa shape index (κ1) is 11.9. The van der Waals surface area contributed by atoms with Crippen molar-refractivity contribution in [1.82, 2.24) is 5.32 Å². The average Bonchev–Trinajstić information content (AvgIpc) is 2.00. The molecule has 0 bridgehead atoms. The van der Waals surface area contributed by atoms with E-state index in [1.54, 1.807) is 0 Å². The number of hydrogen-bond donors (Lipinski definition) is 2. The molecule has 3 nitrogen and oxygen atoms in total. The Balaban J connectivity index is 3.86. The zero-order chi connectivity index (χ0) is 9.61. The molecule has 1 unspecified atom stereocenters. The second-order valence-electron chi connectivity index (χ2n) is 3.65. The van der Waals surface area contributed by atoms with Gasteiger partial charge in [-0.15, -0.1) is 0 Å². The van der Waals surface area contributed by atoms with Crippen LogP contribution in [0, 0.1) is 0 Å². The Morgan fingerprint density at radius 1 is 1.50 bits per heavy atom. The minimum Gasteiger partial charge on any atom is -0.394 e. The molecule has 0 spiro atoms. The Hall–Kier alpha value is -0.120.